The number of pyridine rings is 1. The first-order valence-electron chi connectivity index (χ1n) is 5.89. The Balaban J connectivity index is 2.65. The number of benzene rings is 1. The van der Waals surface area contributed by atoms with Crippen molar-refractivity contribution in [3.05, 3.63) is 35.4 Å². The fraction of sp³-hybridized carbons (Fsp3) is 0.357. The zero-order valence-corrected chi connectivity index (χ0v) is 10.2. The van der Waals surface area contributed by atoms with Crippen LogP contribution >= 0.6 is 0 Å². The molecular weight excluding hydrogens is 196 g/mol. The third-order valence-corrected chi connectivity index (χ3v) is 2.85. The van der Waals surface area contributed by atoms with E-state index in [-0.39, 0.29) is 0 Å². The summed E-state index contributed by atoms with van der Waals surface area (Å²) in [5, 5.41) is 4.54. The number of para-hydroxylation sites is 1. The number of hydrogen-bond donors (Lipinski definition) is 1. The molecule has 0 bridgehead atoms. The average molecular weight is 214 g/mol. The molecule has 1 heterocycles. The predicted molar refractivity (Wildman–Crippen MR) is 70.0 cm³/mol. The summed E-state index contributed by atoms with van der Waals surface area (Å²) in [6.07, 6.45) is 1.03. The van der Waals surface area contributed by atoms with Gasteiger partial charge in [0.15, 0.2) is 0 Å². The summed E-state index contributed by atoms with van der Waals surface area (Å²) in [4.78, 5) is 4.72. The average Bonchev–Trinajstić information content (AvgIpc) is 2.29. The largest absolute Gasteiger partial charge is 0.370 e. The number of rotatable bonds is 3. The van der Waals surface area contributed by atoms with Gasteiger partial charge in [-0.3, -0.25) is 0 Å². The van der Waals surface area contributed by atoms with E-state index in [1.54, 1.807) is 0 Å². The van der Waals surface area contributed by atoms with E-state index in [1.165, 1.54) is 16.5 Å². The van der Waals surface area contributed by atoms with Crippen LogP contribution in [0.15, 0.2) is 24.3 Å². The van der Waals surface area contributed by atoms with Gasteiger partial charge in [-0.05, 0) is 37.5 Å². The zero-order chi connectivity index (χ0) is 11.5. The van der Waals surface area contributed by atoms with Crippen LogP contribution in [-0.4, -0.2) is 11.5 Å². The third-order valence-electron chi connectivity index (χ3n) is 2.85. The summed E-state index contributed by atoms with van der Waals surface area (Å²) in [7, 11) is 0. The molecule has 0 aliphatic carbocycles. The van der Waals surface area contributed by atoms with Crippen molar-refractivity contribution in [2.75, 3.05) is 11.9 Å². The summed E-state index contributed by atoms with van der Waals surface area (Å²) in [5.41, 5.74) is 3.66. The van der Waals surface area contributed by atoms with Crippen molar-refractivity contribution in [2.24, 2.45) is 0 Å². The van der Waals surface area contributed by atoms with Gasteiger partial charge in [0, 0.05) is 11.9 Å². The molecule has 0 spiro atoms. The minimum absolute atomic E-state index is 0.910. The van der Waals surface area contributed by atoms with Crippen molar-refractivity contribution in [3.8, 4) is 0 Å². The van der Waals surface area contributed by atoms with Gasteiger partial charge < -0.3 is 5.32 Å². The highest BCUT2D eigenvalue weighted by Gasteiger charge is 2.05. The van der Waals surface area contributed by atoms with Crippen molar-refractivity contribution in [3.63, 3.8) is 0 Å². The first-order valence-corrected chi connectivity index (χ1v) is 5.89. The number of nitrogens with zero attached hydrogens (tertiary/aromatic N) is 1. The van der Waals surface area contributed by atoms with Gasteiger partial charge in [0.05, 0.1) is 5.52 Å². The van der Waals surface area contributed by atoms with Crippen LogP contribution in [0.3, 0.4) is 0 Å². The lowest BCUT2D eigenvalue weighted by Gasteiger charge is -2.10. The molecule has 16 heavy (non-hydrogen) atoms. The molecule has 0 fully saturated rings. The summed E-state index contributed by atoms with van der Waals surface area (Å²) in [5.74, 6) is 1.01. The molecule has 0 unspecified atom stereocenters. The van der Waals surface area contributed by atoms with E-state index in [9.17, 15) is 0 Å². The van der Waals surface area contributed by atoms with Crippen molar-refractivity contribution in [1.29, 1.82) is 0 Å². The van der Waals surface area contributed by atoms with Crippen molar-refractivity contribution in [1.82, 2.24) is 4.98 Å². The lowest BCUT2D eigenvalue weighted by atomic mass is 10.1. The Morgan fingerprint density at radius 3 is 2.75 bits per heavy atom. The van der Waals surface area contributed by atoms with Crippen LogP contribution in [0, 0.1) is 6.92 Å². The van der Waals surface area contributed by atoms with E-state index >= 15 is 0 Å². The Labute approximate surface area is 96.7 Å². The molecule has 0 aliphatic heterocycles. The first-order chi connectivity index (χ1) is 7.76. The molecule has 0 radical (unpaired) electrons. The predicted octanol–water partition coefficient (Wildman–Crippen LogP) is 3.54. The number of hydrogen-bond acceptors (Lipinski definition) is 2. The number of aromatic nitrogens is 1. The first kappa shape index (κ1) is 10.9. The molecule has 2 aromatic rings. The topological polar surface area (TPSA) is 24.9 Å². The standard InChI is InChI=1S/C14H18N2/c1-4-11-7-6-8-12-9-10(3)14(15-5-2)16-13(11)12/h6-9H,4-5H2,1-3H3,(H,15,16). The number of fused-ring (bicyclic) bond motifs is 1. The van der Waals surface area contributed by atoms with E-state index in [0.29, 0.717) is 0 Å². The van der Waals surface area contributed by atoms with Gasteiger partial charge in [0.25, 0.3) is 0 Å². The highest BCUT2D eigenvalue weighted by atomic mass is 15.0. The smallest absolute Gasteiger partial charge is 0.129 e. The van der Waals surface area contributed by atoms with Crippen molar-refractivity contribution < 1.29 is 0 Å². The van der Waals surface area contributed by atoms with E-state index in [4.69, 9.17) is 4.98 Å². The van der Waals surface area contributed by atoms with Crippen LogP contribution < -0.4 is 5.32 Å². The van der Waals surface area contributed by atoms with Crippen LogP contribution in [-0.2, 0) is 6.42 Å². The Morgan fingerprint density at radius 1 is 1.25 bits per heavy atom. The SMILES string of the molecule is CCNc1nc2c(CC)cccc2cc1C. The van der Waals surface area contributed by atoms with Crippen LogP contribution in [0.4, 0.5) is 5.82 Å². The van der Waals surface area contributed by atoms with Gasteiger partial charge in [0.2, 0.25) is 0 Å². The van der Waals surface area contributed by atoms with Crippen LogP contribution in [0.5, 0.6) is 0 Å². The maximum absolute atomic E-state index is 4.72. The van der Waals surface area contributed by atoms with Crippen molar-refractivity contribution >= 4 is 16.7 Å². The molecule has 0 saturated carbocycles. The van der Waals surface area contributed by atoms with Gasteiger partial charge >= 0.3 is 0 Å². The summed E-state index contributed by atoms with van der Waals surface area (Å²) >= 11 is 0. The number of aryl methyl sites for hydroxylation is 2. The molecule has 1 aromatic heterocycles. The lowest BCUT2D eigenvalue weighted by Crippen LogP contribution is -2.02. The van der Waals surface area contributed by atoms with Gasteiger partial charge in [-0.1, -0.05) is 25.1 Å². The van der Waals surface area contributed by atoms with Crippen LogP contribution in [0.25, 0.3) is 10.9 Å². The Morgan fingerprint density at radius 2 is 2.06 bits per heavy atom. The molecule has 0 aliphatic rings. The van der Waals surface area contributed by atoms with E-state index < -0.39 is 0 Å². The molecule has 0 amide bonds. The lowest BCUT2D eigenvalue weighted by molar-refractivity contribution is 1.12. The fourth-order valence-corrected chi connectivity index (χ4v) is 2.00. The molecule has 2 rings (SSSR count). The maximum atomic E-state index is 4.72. The second-order valence-corrected chi connectivity index (χ2v) is 4.03. The monoisotopic (exact) mass is 214 g/mol. The van der Waals surface area contributed by atoms with Gasteiger partial charge in [0.1, 0.15) is 5.82 Å². The third kappa shape index (κ3) is 1.87. The minimum atomic E-state index is 0.910. The number of anilines is 1. The molecule has 1 aromatic carbocycles. The Kier molecular flexibility index (Phi) is 3.09. The molecule has 84 valence electrons. The summed E-state index contributed by atoms with van der Waals surface area (Å²) in [6, 6.07) is 8.60. The number of nitrogens with one attached hydrogen (secondary N) is 1. The zero-order valence-electron chi connectivity index (χ0n) is 10.2. The maximum Gasteiger partial charge on any atom is 0.129 e. The normalized spacial score (nSPS) is 10.7. The minimum Gasteiger partial charge on any atom is -0.370 e. The van der Waals surface area contributed by atoms with E-state index in [2.05, 4.69) is 50.4 Å². The summed E-state index contributed by atoms with van der Waals surface area (Å²) in [6.45, 7) is 7.27. The van der Waals surface area contributed by atoms with Gasteiger partial charge in [-0.25, -0.2) is 4.98 Å². The molecule has 0 saturated heterocycles. The van der Waals surface area contributed by atoms with Crippen LogP contribution in [0.2, 0.25) is 0 Å². The van der Waals surface area contributed by atoms with E-state index in [1.807, 2.05) is 0 Å². The highest BCUT2D eigenvalue weighted by molar-refractivity contribution is 5.84. The molecule has 0 atom stereocenters. The Hall–Kier alpha value is -1.57. The second kappa shape index (κ2) is 4.52. The van der Waals surface area contributed by atoms with Gasteiger partial charge in [-0.2, -0.15) is 0 Å². The quantitative estimate of drug-likeness (QED) is 0.845. The Bertz CT molecular complexity index is 503. The second-order valence-electron chi connectivity index (χ2n) is 4.03. The van der Waals surface area contributed by atoms with Gasteiger partial charge in [-0.15, -0.1) is 0 Å². The molecule has 2 nitrogen and oxygen atoms in total. The van der Waals surface area contributed by atoms with E-state index in [0.717, 1.165) is 24.3 Å². The van der Waals surface area contributed by atoms with Crippen molar-refractivity contribution in [2.45, 2.75) is 27.2 Å². The highest BCUT2D eigenvalue weighted by Crippen LogP contribution is 2.22. The molecule has 2 heteroatoms. The molecule has 1 N–H and O–H groups in total. The van der Waals surface area contributed by atoms with Crippen LogP contribution in [0.1, 0.15) is 25.0 Å². The molecular formula is C14H18N2. The summed E-state index contributed by atoms with van der Waals surface area (Å²) < 4.78 is 0. The fourth-order valence-electron chi connectivity index (χ4n) is 2.00.